The lowest BCUT2D eigenvalue weighted by Crippen LogP contribution is -2.45. The van der Waals surface area contributed by atoms with E-state index < -0.39 is 17.4 Å². The van der Waals surface area contributed by atoms with Crippen LogP contribution in [0.2, 0.25) is 0 Å². The van der Waals surface area contributed by atoms with Gasteiger partial charge in [0.05, 0.1) is 31.1 Å². The molecule has 1 aromatic heterocycles. The number of methoxy groups -OCH3 is 1. The Morgan fingerprint density at radius 3 is 3.07 bits per heavy atom. The first kappa shape index (κ1) is 18.1. The maximum atomic E-state index is 13.2. The molecule has 7 nitrogen and oxygen atoms in total. The molecule has 27 heavy (non-hydrogen) atoms. The summed E-state index contributed by atoms with van der Waals surface area (Å²) in [5.41, 5.74) is 0.290. The summed E-state index contributed by atoms with van der Waals surface area (Å²) in [4.78, 5) is 33.9. The Hall–Kier alpha value is -2.25. The summed E-state index contributed by atoms with van der Waals surface area (Å²) in [6, 6.07) is 5.76. The molecule has 3 aliphatic heterocycles. The highest BCUT2D eigenvalue weighted by atomic mass is 16.5. The van der Waals surface area contributed by atoms with Gasteiger partial charge in [-0.25, -0.2) is 0 Å². The van der Waals surface area contributed by atoms with Crippen LogP contribution in [0.4, 0.5) is 0 Å². The van der Waals surface area contributed by atoms with E-state index in [1.54, 1.807) is 30.2 Å². The Bertz CT molecular complexity index is 753. The maximum absolute atomic E-state index is 13.2. The van der Waals surface area contributed by atoms with Crippen LogP contribution < -0.4 is 0 Å². The Kier molecular flexibility index (Phi) is 4.74. The highest BCUT2D eigenvalue weighted by molar-refractivity contribution is 5.93. The SMILES string of the molecule is COCCN1C[C@@]23C=C[C@@H](O2)C(C(=O)N(C)CCc2ccccn2)C3C1=O. The molecule has 0 N–H and O–H groups in total. The minimum absolute atomic E-state index is 0.00428. The molecule has 4 atom stereocenters. The standard InChI is InChI=1S/C20H25N3O4/c1-22(10-7-14-5-3-4-9-21-14)18(24)16-15-6-8-20(27-15)13-23(11-12-26-2)19(25)17(16)20/h3-6,8-9,15-17H,7,10-13H2,1-2H3/t15-,16?,17?,20-/m1/s1. The normalized spacial score (nSPS) is 30.8. The van der Waals surface area contributed by atoms with Crippen molar-refractivity contribution >= 4 is 11.8 Å². The third kappa shape index (κ3) is 3.04. The fourth-order valence-corrected chi connectivity index (χ4v) is 4.44. The van der Waals surface area contributed by atoms with Crippen LogP contribution in [0.5, 0.6) is 0 Å². The highest BCUT2D eigenvalue weighted by Gasteiger charge is 2.66. The molecule has 1 spiro atoms. The number of fused-ring (bicyclic) bond motifs is 1. The molecule has 3 aliphatic rings. The zero-order valence-corrected chi connectivity index (χ0v) is 15.7. The van der Waals surface area contributed by atoms with Crippen molar-refractivity contribution in [1.82, 2.24) is 14.8 Å². The van der Waals surface area contributed by atoms with Gasteiger partial charge in [0.25, 0.3) is 0 Å². The molecular formula is C20H25N3O4. The van der Waals surface area contributed by atoms with Gasteiger partial charge in [0.2, 0.25) is 11.8 Å². The van der Waals surface area contributed by atoms with Crippen molar-refractivity contribution in [3.8, 4) is 0 Å². The van der Waals surface area contributed by atoms with Gasteiger partial charge >= 0.3 is 0 Å². The summed E-state index contributed by atoms with van der Waals surface area (Å²) in [7, 11) is 3.40. The molecule has 0 aliphatic carbocycles. The largest absolute Gasteiger partial charge is 0.383 e. The number of hydrogen-bond donors (Lipinski definition) is 0. The molecule has 2 fully saturated rings. The maximum Gasteiger partial charge on any atom is 0.230 e. The zero-order valence-electron chi connectivity index (χ0n) is 15.7. The molecular weight excluding hydrogens is 346 g/mol. The first-order valence-corrected chi connectivity index (χ1v) is 9.35. The molecule has 2 saturated heterocycles. The first-order chi connectivity index (χ1) is 13.1. The summed E-state index contributed by atoms with van der Waals surface area (Å²) >= 11 is 0. The van der Waals surface area contributed by atoms with E-state index in [2.05, 4.69) is 4.98 Å². The van der Waals surface area contributed by atoms with Crippen molar-refractivity contribution in [2.45, 2.75) is 18.1 Å². The number of pyridine rings is 1. The first-order valence-electron chi connectivity index (χ1n) is 9.35. The average molecular weight is 371 g/mol. The van der Waals surface area contributed by atoms with E-state index in [9.17, 15) is 9.59 Å². The lowest BCUT2D eigenvalue weighted by Gasteiger charge is -2.27. The van der Waals surface area contributed by atoms with Crippen molar-refractivity contribution in [1.29, 1.82) is 0 Å². The lowest BCUT2D eigenvalue weighted by atomic mass is 9.76. The molecule has 1 aromatic rings. The van der Waals surface area contributed by atoms with Crippen molar-refractivity contribution in [3.63, 3.8) is 0 Å². The Labute approximate surface area is 158 Å². The number of hydrogen-bond acceptors (Lipinski definition) is 5. The molecule has 0 radical (unpaired) electrons. The van der Waals surface area contributed by atoms with Gasteiger partial charge in [-0.2, -0.15) is 0 Å². The molecule has 2 unspecified atom stereocenters. The van der Waals surface area contributed by atoms with E-state index in [-0.39, 0.29) is 17.9 Å². The predicted octanol–water partition coefficient (Wildman–Crippen LogP) is 0.511. The monoisotopic (exact) mass is 371 g/mol. The number of carbonyl (C=O) groups is 2. The molecule has 4 rings (SSSR count). The van der Waals surface area contributed by atoms with E-state index in [1.807, 2.05) is 30.4 Å². The number of carbonyl (C=O) groups excluding carboxylic acids is 2. The number of amides is 2. The number of likely N-dealkylation sites (tertiary alicyclic amines) is 1. The second-order valence-electron chi connectivity index (χ2n) is 7.48. The van der Waals surface area contributed by atoms with E-state index in [4.69, 9.17) is 9.47 Å². The Morgan fingerprint density at radius 1 is 1.48 bits per heavy atom. The fraction of sp³-hybridized carbons (Fsp3) is 0.550. The van der Waals surface area contributed by atoms with Crippen LogP contribution in [0.25, 0.3) is 0 Å². The predicted molar refractivity (Wildman–Crippen MR) is 97.8 cm³/mol. The van der Waals surface area contributed by atoms with E-state index in [0.29, 0.717) is 32.7 Å². The molecule has 0 aromatic carbocycles. The summed E-state index contributed by atoms with van der Waals surface area (Å²) in [6.07, 6.45) is 6.04. The van der Waals surface area contributed by atoms with Crippen LogP contribution in [0.15, 0.2) is 36.5 Å². The van der Waals surface area contributed by atoms with Gasteiger partial charge in [0.1, 0.15) is 5.60 Å². The third-order valence-electron chi connectivity index (χ3n) is 5.83. The van der Waals surface area contributed by atoms with Crippen LogP contribution in [-0.2, 0) is 25.5 Å². The van der Waals surface area contributed by atoms with E-state index in [0.717, 1.165) is 5.69 Å². The van der Waals surface area contributed by atoms with Crippen LogP contribution in [0.1, 0.15) is 5.69 Å². The quantitative estimate of drug-likeness (QED) is 0.653. The summed E-state index contributed by atoms with van der Waals surface area (Å²) in [5, 5.41) is 0. The van der Waals surface area contributed by atoms with Crippen molar-refractivity contribution < 1.29 is 19.1 Å². The van der Waals surface area contributed by atoms with Crippen molar-refractivity contribution in [3.05, 3.63) is 42.2 Å². The Balaban J connectivity index is 1.46. The second kappa shape index (κ2) is 7.05. The van der Waals surface area contributed by atoms with Gasteiger partial charge in [0, 0.05) is 45.6 Å². The molecule has 0 saturated carbocycles. The van der Waals surface area contributed by atoms with E-state index in [1.165, 1.54) is 0 Å². The van der Waals surface area contributed by atoms with Gasteiger partial charge in [-0.15, -0.1) is 0 Å². The van der Waals surface area contributed by atoms with Gasteiger partial charge in [0.15, 0.2) is 0 Å². The Morgan fingerprint density at radius 2 is 2.33 bits per heavy atom. The van der Waals surface area contributed by atoms with Crippen molar-refractivity contribution in [2.75, 3.05) is 40.4 Å². The summed E-state index contributed by atoms with van der Waals surface area (Å²) in [6.45, 7) is 2.05. The van der Waals surface area contributed by atoms with Crippen LogP contribution in [0.3, 0.4) is 0 Å². The number of likely N-dealkylation sites (N-methyl/N-ethyl adjacent to an activating group) is 1. The van der Waals surface area contributed by atoms with Crippen LogP contribution >= 0.6 is 0 Å². The number of aromatic nitrogens is 1. The minimum atomic E-state index is -0.655. The number of rotatable bonds is 7. The van der Waals surface area contributed by atoms with Gasteiger partial charge in [-0.05, 0) is 12.1 Å². The molecule has 144 valence electrons. The third-order valence-corrected chi connectivity index (χ3v) is 5.83. The smallest absolute Gasteiger partial charge is 0.230 e. The summed E-state index contributed by atoms with van der Waals surface area (Å²) < 4.78 is 11.2. The lowest BCUT2D eigenvalue weighted by molar-refractivity contribution is -0.142. The highest BCUT2D eigenvalue weighted by Crippen LogP contribution is 2.52. The molecule has 7 heteroatoms. The number of nitrogens with zero attached hydrogens (tertiary/aromatic N) is 3. The van der Waals surface area contributed by atoms with Crippen LogP contribution in [0, 0.1) is 11.8 Å². The second-order valence-corrected chi connectivity index (χ2v) is 7.48. The average Bonchev–Trinajstić information content (AvgIpc) is 3.33. The molecule has 2 amide bonds. The fourth-order valence-electron chi connectivity index (χ4n) is 4.44. The molecule has 4 heterocycles. The minimum Gasteiger partial charge on any atom is -0.383 e. The van der Waals surface area contributed by atoms with Gasteiger partial charge < -0.3 is 19.3 Å². The van der Waals surface area contributed by atoms with E-state index >= 15 is 0 Å². The van der Waals surface area contributed by atoms with Gasteiger partial charge in [-0.3, -0.25) is 14.6 Å². The zero-order chi connectivity index (χ0) is 19.0. The molecule has 2 bridgehead atoms. The van der Waals surface area contributed by atoms with Crippen molar-refractivity contribution in [2.24, 2.45) is 11.8 Å². The summed E-state index contributed by atoms with van der Waals surface area (Å²) in [5.74, 6) is -0.928. The number of ether oxygens (including phenoxy) is 2. The topological polar surface area (TPSA) is 72.0 Å². The van der Waals surface area contributed by atoms with Crippen LogP contribution in [-0.4, -0.2) is 78.7 Å². The van der Waals surface area contributed by atoms with Gasteiger partial charge in [-0.1, -0.05) is 18.2 Å².